The molecule has 136 valence electrons. The van der Waals surface area contributed by atoms with Crippen LogP contribution in [-0.2, 0) is 15.1 Å². The summed E-state index contributed by atoms with van der Waals surface area (Å²) in [7, 11) is 3.42. The summed E-state index contributed by atoms with van der Waals surface area (Å²) in [6, 6.07) is 12.3. The molecule has 0 bridgehead atoms. The van der Waals surface area contributed by atoms with E-state index in [1.165, 1.54) is 0 Å². The summed E-state index contributed by atoms with van der Waals surface area (Å²) in [5, 5.41) is 0. The average Bonchev–Trinajstić information content (AvgIpc) is 2.67. The fourth-order valence-electron chi connectivity index (χ4n) is 3.85. The van der Waals surface area contributed by atoms with Gasteiger partial charge in [-0.2, -0.15) is 0 Å². The first-order chi connectivity index (χ1) is 12.5. The van der Waals surface area contributed by atoms with Gasteiger partial charge < -0.3 is 18.9 Å². The van der Waals surface area contributed by atoms with Crippen molar-refractivity contribution in [2.24, 2.45) is 0 Å². The minimum Gasteiger partial charge on any atom is -0.496 e. The first-order valence-electron chi connectivity index (χ1n) is 8.89. The van der Waals surface area contributed by atoms with Crippen LogP contribution in [0.15, 0.2) is 42.7 Å². The van der Waals surface area contributed by atoms with Gasteiger partial charge in [0.1, 0.15) is 23.2 Å². The van der Waals surface area contributed by atoms with E-state index in [1.54, 1.807) is 20.5 Å². The van der Waals surface area contributed by atoms with Gasteiger partial charge in [0.2, 0.25) is 0 Å². The van der Waals surface area contributed by atoms with Gasteiger partial charge in [0.05, 0.1) is 25.0 Å². The third-order valence-corrected chi connectivity index (χ3v) is 5.25. The Morgan fingerprint density at radius 2 is 1.88 bits per heavy atom. The Kier molecular flexibility index (Phi) is 4.16. The number of methoxy groups -OCH3 is 2. The molecule has 0 saturated heterocycles. The molecule has 0 saturated carbocycles. The number of hydrogen-bond donors (Lipinski definition) is 0. The Balaban J connectivity index is 1.90. The maximum atomic E-state index is 6.52. The van der Waals surface area contributed by atoms with Crippen molar-refractivity contribution >= 4 is 6.08 Å². The SMILES string of the molecule is COc1cc2c(c3c1[C@@H](OC)C[C@@H](c1ccccc1)O3)C=COC2(C)C. The molecule has 4 heteroatoms. The molecule has 0 N–H and O–H groups in total. The van der Waals surface area contributed by atoms with Crippen molar-refractivity contribution < 1.29 is 18.9 Å². The van der Waals surface area contributed by atoms with Crippen molar-refractivity contribution in [1.29, 1.82) is 0 Å². The van der Waals surface area contributed by atoms with Gasteiger partial charge in [-0.1, -0.05) is 30.3 Å². The summed E-state index contributed by atoms with van der Waals surface area (Å²) >= 11 is 0. The number of benzene rings is 2. The van der Waals surface area contributed by atoms with Crippen molar-refractivity contribution in [2.75, 3.05) is 14.2 Å². The highest BCUT2D eigenvalue weighted by atomic mass is 16.5. The Hall–Kier alpha value is -2.46. The van der Waals surface area contributed by atoms with E-state index in [0.29, 0.717) is 0 Å². The smallest absolute Gasteiger partial charge is 0.137 e. The van der Waals surface area contributed by atoms with Crippen LogP contribution < -0.4 is 9.47 Å². The molecule has 0 aliphatic carbocycles. The van der Waals surface area contributed by atoms with Gasteiger partial charge in [0.25, 0.3) is 0 Å². The second-order valence-corrected chi connectivity index (χ2v) is 7.19. The van der Waals surface area contributed by atoms with Gasteiger partial charge in [-0.05, 0) is 31.6 Å². The lowest BCUT2D eigenvalue weighted by molar-refractivity contribution is 0.0251. The molecule has 4 nitrogen and oxygen atoms in total. The van der Waals surface area contributed by atoms with Crippen LogP contribution in [0.4, 0.5) is 0 Å². The normalized spacial score (nSPS) is 22.6. The van der Waals surface area contributed by atoms with Crippen LogP contribution >= 0.6 is 0 Å². The lowest BCUT2D eigenvalue weighted by Crippen LogP contribution is -2.27. The minimum atomic E-state index is -0.446. The summed E-state index contributed by atoms with van der Waals surface area (Å²) < 4.78 is 23.9. The molecule has 2 aromatic carbocycles. The summed E-state index contributed by atoms with van der Waals surface area (Å²) in [6.45, 7) is 4.10. The van der Waals surface area contributed by atoms with E-state index in [0.717, 1.165) is 40.2 Å². The van der Waals surface area contributed by atoms with Gasteiger partial charge in [-0.25, -0.2) is 0 Å². The lowest BCUT2D eigenvalue weighted by atomic mass is 9.85. The largest absolute Gasteiger partial charge is 0.496 e. The Morgan fingerprint density at radius 3 is 2.58 bits per heavy atom. The van der Waals surface area contributed by atoms with Gasteiger partial charge >= 0.3 is 0 Å². The number of rotatable bonds is 3. The quantitative estimate of drug-likeness (QED) is 0.766. The highest BCUT2D eigenvalue weighted by Gasteiger charge is 2.38. The van der Waals surface area contributed by atoms with E-state index in [-0.39, 0.29) is 12.2 Å². The molecular weight excluding hydrogens is 328 g/mol. The van der Waals surface area contributed by atoms with Crippen LogP contribution in [0.2, 0.25) is 0 Å². The molecule has 0 unspecified atom stereocenters. The van der Waals surface area contributed by atoms with Crippen molar-refractivity contribution in [3.63, 3.8) is 0 Å². The Morgan fingerprint density at radius 1 is 1.12 bits per heavy atom. The summed E-state index contributed by atoms with van der Waals surface area (Å²) in [5.74, 6) is 1.61. The molecule has 2 aliphatic heterocycles. The summed E-state index contributed by atoms with van der Waals surface area (Å²) in [5.41, 5.74) is 3.77. The Labute approximate surface area is 154 Å². The van der Waals surface area contributed by atoms with E-state index < -0.39 is 5.60 Å². The Bertz CT molecular complexity index is 839. The van der Waals surface area contributed by atoms with E-state index in [9.17, 15) is 0 Å². The van der Waals surface area contributed by atoms with E-state index in [2.05, 4.69) is 18.2 Å². The topological polar surface area (TPSA) is 36.9 Å². The van der Waals surface area contributed by atoms with Crippen LogP contribution in [0.3, 0.4) is 0 Å². The van der Waals surface area contributed by atoms with Gasteiger partial charge in [-0.15, -0.1) is 0 Å². The van der Waals surface area contributed by atoms with Crippen molar-refractivity contribution in [1.82, 2.24) is 0 Å². The average molecular weight is 352 g/mol. The molecule has 0 aromatic heterocycles. The third-order valence-electron chi connectivity index (χ3n) is 5.25. The zero-order valence-electron chi connectivity index (χ0n) is 15.6. The molecule has 2 aliphatic rings. The van der Waals surface area contributed by atoms with Gasteiger partial charge in [0.15, 0.2) is 0 Å². The van der Waals surface area contributed by atoms with Gasteiger partial charge in [-0.3, -0.25) is 0 Å². The van der Waals surface area contributed by atoms with Gasteiger partial charge in [0, 0.05) is 24.7 Å². The second kappa shape index (κ2) is 6.36. The molecule has 0 amide bonds. The van der Waals surface area contributed by atoms with E-state index in [4.69, 9.17) is 18.9 Å². The first-order valence-corrected chi connectivity index (χ1v) is 8.89. The number of ether oxygens (including phenoxy) is 4. The third kappa shape index (κ3) is 2.65. The van der Waals surface area contributed by atoms with Crippen LogP contribution in [0.5, 0.6) is 11.5 Å². The van der Waals surface area contributed by atoms with Crippen molar-refractivity contribution in [3.8, 4) is 11.5 Å². The standard InChI is InChI=1S/C22H24O4/c1-22(2)16-12-18(23-3)20-19(24-4)13-17(14-8-6-5-7-9-14)26-21(20)15(16)10-11-25-22/h5-12,17,19H,13H2,1-4H3/t17-,19-/m0/s1. The monoisotopic (exact) mass is 352 g/mol. The highest BCUT2D eigenvalue weighted by molar-refractivity contribution is 5.70. The fraction of sp³-hybridized carbons (Fsp3) is 0.364. The maximum Gasteiger partial charge on any atom is 0.137 e. The maximum absolute atomic E-state index is 6.52. The molecule has 2 atom stereocenters. The van der Waals surface area contributed by atoms with E-state index in [1.807, 2.05) is 38.1 Å². The van der Waals surface area contributed by atoms with Crippen LogP contribution in [0.25, 0.3) is 6.08 Å². The molecule has 2 heterocycles. The molecular formula is C22H24O4. The van der Waals surface area contributed by atoms with Crippen molar-refractivity contribution in [3.05, 3.63) is 64.9 Å². The zero-order chi connectivity index (χ0) is 18.3. The number of fused-ring (bicyclic) bond motifs is 3. The lowest BCUT2D eigenvalue weighted by Gasteiger charge is -2.37. The fourth-order valence-corrected chi connectivity index (χ4v) is 3.85. The van der Waals surface area contributed by atoms with Crippen molar-refractivity contribution in [2.45, 2.75) is 38.1 Å². The molecule has 26 heavy (non-hydrogen) atoms. The summed E-state index contributed by atoms with van der Waals surface area (Å²) in [6.07, 6.45) is 4.30. The summed E-state index contributed by atoms with van der Waals surface area (Å²) in [4.78, 5) is 0. The molecule has 0 fully saturated rings. The highest BCUT2D eigenvalue weighted by Crippen LogP contribution is 2.52. The van der Waals surface area contributed by atoms with Crippen LogP contribution in [0.1, 0.15) is 54.7 Å². The van der Waals surface area contributed by atoms with Crippen LogP contribution in [0, 0.1) is 0 Å². The predicted octanol–water partition coefficient (Wildman–Crippen LogP) is 5.14. The van der Waals surface area contributed by atoms with E-state index >= 15 is 0 Å². The second-order valence-electron chi connectivity index (χ2n) is 7.19. The molecule has 4 rings (SSSR count). The minimum absolute atomic E-state index is 0.0655. The number of hydrogen-bond acceptors (Lipinski definition) is 4. The first kappa shape index (κ1) is 17.0. The molecule has 2 aromatic rings. The predicted molar refractivity (Wildman–Crippen MR) is 100 cm³/mol. The molecule has 0 spiro atoms. The molecule has 0 radical (unpaired) electrons. The van der Waals surface area contributed by atoms with Crippen LogP contribution in [-0.4, -0.2) is 14.2 Å². The zero-order valence-corrected chi connectivity index (χ0v) is 15.6.